The van der Waals surface area contributed by atoms with Crippen LogP contribution in [-0.2, 0) is 23.7 Å². The number of methoxy groups -OCH3 is 1. The molecule has 0 radical (unpaired) electrons. The first kappa shape index (κ1) is 33.3. The highest BCUT2D eigenvalue weighted by molar-refractivity contribution is 5.69. The molecule has 2 rings (SSSR count). The average molecular weight is 556 g/mol. The van der Waals surface area contributed by atoms with E-state index < -0.39 is 36.0 Å². The van der Waals surface area contributed by atoms with Crippen molar-refractivity contribution in [2.75, 3.05) is 40.0 Å². The molecule has 0 bridgehead atoms. The molecule has 2 aliphatic rings. The summed E-state index contributed by atoms with van der Waals surface area (Å²) in [6, 6.07) is -0.393. The Morgan fingerprint density at radius 2 is 1.85 bits per heavy atom. The van der Waals surface area contributed by atoms with Gasteiger partial charge >= 0.3 is 12.2 Å². The number of nitrogens with one attached hydrogen (secondary N) is 2. The van der Waals surface area contributed by atoms with Gasteiger partial charge in [0.2, 0.25) is 0 Å². The SMILES string of the molecule is COC1C(OC(=O)N[C@@H](COC(=O)NCCCCCCN)C(C)C)CC[C@]2(CO2)C1C(C)(C)OCC=C(C)C. The maximum absolute atomic E-state index is 13.0. The van der Waals surface area contributed by atoms with E-state index in [2.05, 4.69) is 10.6 Å². The molecule has 226 valence electrons. The summed E-state index contributed by atoms with van der Waals surface area (Å²) in [5, 5.41) is 5.65. The van der Waals surface area contributed by atoms with Crippen LogP contribution in [0.15, 0.2) is 11.6 Å². The maximum Gasteiger partial charge on any atom is 0.407 e. The highest BCUT2D eigenvalue weighted by atomic mass is 16.6. The van der Waals surface area contributed by atoms with Crippen molar-refractivity contribution in [3.05, 3.63) is 11.6 Å². The molecule has 3 unspecified atom stereocenters. The van der Waals surface area contributed by atoms with E-state index in [1.54, 1.807) is 7.11 Å². The average Bonchev–Trinajstić information content (AvgIpc) is 3.63. The number of hydrogen-bond donors (Lipinski definition) is 3. The first-order chi connectivity index (χ1) is 18.5. The number of amides is 2. The summed E-state index contributed by atoms with van der Waals surface area (Å²) < 4.78 is 29.5. The Kier molecular flexibility index (Phi) is 13.5. The van der Waals surface area contributed by atoms with Crippen LogP contribution >= 0.6 is 0 Å². The van der Waals surface area contributed by atoms with Crippen LogP contribution in [0.3, 0.4) is 0 Å². The lowest BCUT2D eigenvalue weighted by molar-refractivity contribution is -0.172. The molecule has 10 nitrogen and oxygen atoms in total. The summed E-state index contributed by atoms with van der Waals surface area (Å²) in [6.45, 7) is 14.5. The first-order valence-corrected chi connectivity index (χ1v) is 14.5. The van der Waals surface area contributed by atoms with Gasteiger partial charge in [-0.25, -0.2) is 9.59 Å². The molecule has 1 heterocycles. The van der Waals surface area contributed by atoms with Gasteiger partial charge in [0.15, 0.2) is 0 Å². The number of rotatable bonds is 16. The zero-order valence-corrected chi connectivity index (χ0v) is 25.2. The summed E-state index contributed by atoms with van der Waals surface area (Å²) >= 11 is 0. The molecule has 1 aliphatic carbocycles. The van der Waals surface area contributed by atoms with E-state index in [-0.39, 0.29) is 24.0 Å². The van der Waals surface area contributed by atoms with E-state index >= 15 is 0 Å². The lowest BCUT2D eigenvalue weighted by Crippen LogP contribution is -2.59. The number of carbonyl (C=O) groups excluding carboxylic acids is 2. The molecule has 1 spiro atoms. The number of hydrogen-bond acceptors (Lipinski definition) is 8. The summed E-state index contributed by atoms with van der Waals surface area (Å²) in [4.78, 5) is 25.1. The number of epoxide rings is 1. The van der Waals surface area contributed by atoms with Crippen LogP contribution in [-0.4, -0.2) is 81.7 Å². The Morgan fingerprint density at radius 3 is 2.44 bits per heavy atom. The van der Waals surface area contributed by atoms with Crippen molar-refractivity contribution in [3.63, 3.8) is 0 Å². The Balaban J connectivity index is 1.92. The summed E-state index contributed by atoms with van der Waals surface area (Å²) in [5.41, 5.74) is 5.80. The van der Waals surface area contributed by atoms with E-state index in [0.717, 1.165) is 32.1 Å². The fraction of sp³-hybridized carbons (Fsp3) is 0.862. The quantitative estimate of drug-likeness (QED) is 0.146. The highest BCUT2D eigenvalue weighted by Gasteiger charge is 2.64. The van der Waals surface area contributed by atoms with Crippen molar-refractivity contribution in [3.8, 4) is 0 Å². The minimum absolute atomic E-state index is 0.0319. The van der Waals surface area contributed by atoms with Gasteiger partial charge in [0.1, 0.15) is 18.8 Å². The van der Waals surface area contributed by atoms with Crippen LogP contribution in [0.25, 0.3) is 0 Å². The van der Waals surface area contributed by atoms with Crippen LogP contribution in [0.2, 0.25) is 0 Å². The fourth-order valence-electron chi connectivity index (χ4n) is 5.35. The van der Waals surface area contributed by atoms with Crippen molar-refractivity contribution in [2.24, 2.45) is 17.6 Å². The zero-order chi connectivity index (χ0) is 29.1. The number of alkyl carbamates (subject to hydrolysis) is 2. The molecule has 5 atom stereocenters. The number of ether oxygens (including phenoxy) is 5. The van der Waals surface area contributed by atoms with Gasteiger partial charge in [0.05, 0.1) is 30.5 Å². The third-order valence-electron chi connectivity index (χ3n) is 7.76. The van der Waals surface area contributed by atoms with Crippen LogP contribution in [0.4, 0.5) is 9.59 Å². The van der Waals surface area contributed by atoms with E-state index in [1.165, 1.54) is 5.57 Å². The van der Waals surface area contributed by atoms with Crippen LogP contribution in [0, 0.1) is 11.8 Å². The molecule has 39 heavy (non-hydrogen) atoms. The van der Waals surface area contributed by atoms with Gasteiger partial charge in [-0.2, -0.15) is 0 Å². The Hall–Kier alpha value is -1.88. The van der Waals surface area contributed by atoms with E-state index in [9.17, 15) is 9.59 Å². The molecule has 0 aromatic carbocycles. The fourth-order valence-corrected chi connectivity index (χ4v) is 5.35. The maximum atomic E-state index is 13.0. The second-order valence-corrected chi connectivity index (χ2v) is 11.9. The predicted octanol–water partition coefficient (Wildman–Crippen LogP) is 4.31. The highest BCUT2D eigenvalue weighted by Crippen LogP contribution is 2.52. The molecule has 10 heteroatoms. The van der Waals surface area contributed by atoms with Gasteiger partial charge < -0.3 is 40.1 Å². The largest absolute Gasteiger partial charge is 0.447 e. The van der Waals surface area contributed by atoms with Gasteiger partial charge in [0, 0.05) is 19.6 Å². The van der Waals surface area contributed by atoms with Crippen molar-refractivity contribution >= 4 is 12.2 Å². The molecule has 0 aromatic heterocycles. The zero-order valence-electron chi connectivity index (χ0n) is 25.2. The van der Waals surface area contributed by atoms with Crippen molar-refractivity contribution in [1.82, 2.24) is 10.6 Å². The summed E-state index contributed by atoms with van der Waals surface area (Å²) in [5.74, 6) is -0.0835. The van der Waals surface area contributed by atoms with E-state index in [0.29, 0.717) is 32.7 Å². The summed E-state index contributed by atoms with van der Waals surface area (Å²) in [7, 11) is 1.64. The topological polar surface area (TPSA) is 134 Å². The Labute approximate surface area is 235 Å². The molecule has 1 saturated carbocycles. The Morgan fingerprint density at radius 1 is 1.15 bits per heavy atom. The van der Waals surface area contributed by atoms with Gasteiger partial charge in [-0.3, -0.25) is 0 Å². The number of allylic oxidation sites excluding steroid dienone is 1. The van der Waals surface area contributed by atoms with Gasteiger partial charge in [-0.15, -0.1) is 0 Å². The van der Waals surface area contributed by atoms with Gasteiger partial charge in [0.25, 0.3) is 0 Å². The molecule has 4 N–H and O–H groups in total. The molecule has 2 fully saturated rings. The lowest BCUT2D eigenvalue weighted by Gasteiger charge is -2.47. The molecule has 1 aliphatic heterocycles. The number of unbranched alkanes of at least 4 members (excludes halogenated alkanes) is 3. The second-order valence-electron chi connectivity index (χ2n) is 11.9. The van der Waals surface area contributed by atoms with Crippen LogP contribution in [0.1, 0.15) is 80.1 Å². The monoisotopic (exact) mass is 555 g/mol. The second kappa shape index (κ2) is 15.8. The van der Waals surface area contributed by atoms with Crippen molar-refractivity contribution < 1.29 is 33.3 Å². The van der Waals surface area contributed by atoms with E-state index in [1.807, 2.05) is 47.6 Å². The summed E-state index contributed by atoms with van der Waals surface area (Å²) in [6.07, 6.45) is 5.46. The molecule has 0 aromatic rings. The Bertz CT molecular complexity index is 794. The van der Waals surface area contributed by atoms with Crippen molar-refractivity contribution in [1.29, 1.82) is 0 Å². The van der Waals surface area contributed by atoms with Crippen molar-refractivity contribution in [2.45, 2.75) is 110 Å². The minimum atomic E-state index is -0.562. The standard InChI is InChI=1S/C29H53N3O7/c1-20(2)13-17-37-28(5,6)25-24(35-7)23(12-14-29(25)19-38-29)39-27(34)32-22(21(3)4)18-36-26(33)31-16-11-9-8-10-15-30/h13,21-25H,8-12,14-19,30H2,1-7H3,(H,31,33)(H,32,34)/t22-,23?,24?,25?,29-/m0/s1. The lowest BCUT2D eigenvalue weighted by atomic mass is 9.68. The third kappa shape index (κ3) is 10.6. The van der Waals surface area contributed by atoms with E-state index in [4.69, 9.17) is 29.4 Å². The number of nitrogens with two attached hydrogens (primary N) is 1. The van der Waals surface area contributed by atoms with Crippen LogP contribution in [0.5, 0.6) is 0 Å². The normalized spacial score (nSPS) is 25.2. The third-order valence-corrected chi connectivity index (χ3v) is 7.76. The predicted molar refractivity (Wildman–Crippen MR) is 151 cm³/mol. The van der Waals surface area contributed by atoms with Crippen LogP contribution < -0.4 is 16.4 Å². The minimum Gasteiger partial charge on any atom is -0.447 e. The molecular weight excluding hydrogens is 502 g/mol. The first-order valence-electron chi connectivity index (χ1n) is 14.5. The van der Waals surface area contributed by atoms with Gasteiger partial charge in [-0.1, -0.05) is 38.3 Å². The molecule has 2 amide bonds. The smallest absolute Gasteiger partial charge is 0.407 e. The molecular formula is C29H53N3O7. The molecule has 1 saturated heterocycles. The number of carbonyl (C=O) groups is 2. The van der Waals surface area contributed by atoms with Gasteiger partial charge in [-0.05, 0) is 65.8 Å².